The second kappa shape index (κ2) is 7.35. The molecule has 3 aliphatic rings. The van der Waals surface area contributed by atoms with Crippen molar-refractivity contribution in [1.82, 2.24) is 24.8 Å². The summed E-state index contributed by atoms with van der Waals surface area (Å²) in [7, 11) is 4.29. The Balaban J connectivity index is 1.80. The van der Waals surface area contributed by atoms with Gasteiger partial charge in [-0.1, -0.05) is 0 Å². The molecule has 2 atom stereocenters. The molecule has 8 heteroatoms. The van der Waals surface area contributed by atoms with Gasteiger partial charge in [0.2, 0.25) is 0 Å². The Morgan fingerprint density at radius 1 is 1.24 bits per heavy atom. The number of aromatic amines is 1. The molecule has 1 fully saturated rings. The van der Waals surface area contributed by atoms with Crippen LogP contribution in [0.4, 0.5) is 0 Å². The number of nitrogens with one attached hydrogen (secondary N) is 2. The van der Waals surface area contributed by atoms with Crippen LogP contribution in [0.15, 0.2) is 21.7 Å². The van der Waals surface area contributed by atoms with Gasteiger partial charge in [-0.3, -0.25) is 9.78 Å². The molecule has 4 rings (SSSR count). The standard InChI is InChI=1S/C21H28N6O2/c1-13-9-16-17(10-14(13)2)26(19-18(23-16)20(28)25-21(29)24-19)6-8-27(4)7-5-15(12-27)11-22-3/h9-10,15,22H,5-8,11-12H2,1-4H3/p+1. The molecule has 0 amide bonds. The van der Waals surface area contributed by atoms with Crippen molar-refractivity contribution < 1.29 is 4.48 Å². The van der Waals surface area contributed by atoms with Gasteiger partial charge < -0.3 is 14.4 Å². The fraction of sp³-hybridized carbons (Fsp3) is 0.524. The minimum absolute atomic E-state index is 0.220. The molecule has 0 bridgehead atoms. The van der Waals surface area contributed by atoms with E-state index in [0.29, 0.717) is 18.3 Å². The summed E-state index contributed by atoms with van der Waals surface area (Å²) in [5, 5.41) is 3.29. The first-order valence-corrected chi connectivity index (χ1v) is 10.2. The van der Waals surface area contributed by atoms with Gasteiger partial charge in [0, 0.05) is 18.9 Å². The van der Waals surface area contributed by atoms with Crippen molar-refractivity contribution in [2.45, 2.75) is 26.8 Å². The lowest BCUT2D eigenvalue weighted by atomic mass is 10.1. The summed E-state index contributed by atoms with van der Waals surface area (Å²) in [6.45, 7) is 8.98. The number of likely N-dealkylation sites (N-methyl/N-ethyl adjacent to an activating group) is 1. The van der Waals surface area contributed by atoms with Crippen molar-refractivity contribution in [1.29, 1.82) is 0 Å². The van der Waals surface area contributed by atoms with Crippen LogP contribution in [0.25, 0.3) is 22.6 Å². The summed E-state index contributed by atoms with van der Waals surface area (Å²) >= 11 is 0. The Kier molecular flexibility index (Phi) is 5.00. The smallest absolute Gasteiger partial charge is 0.324 e. The molecule has 8 nitrogen and oxygen atoms in total. The van der Waals surface area contributed by atoms with E-state index < -0.39 is 11.2 Å². The van der Waals surface area contributed by atoms with E-state index in [4.69, 9.17) is 0 Å². The number of benzene rings is 1. The van der Waals surface area contributed by atoms with Crippen LogP contribution in [-0.4, -0.2) is 64.3 Å². The molecule has 3 heterocycles. The van der Waals surface area contributed by atoms with Gasteiger partial charge in [-0.15, -0.1) is 0 Å². The van der Waals surface area contributed by atoms with Crippen LogP contribution < -0.4 is 16.6 Å². The van der Waals surface area contributed by atoms with Crippen LogP contribution in [0.3, 0.4) is 0 Å². The lowest BCUT2D eigenvalue weighted by Gasteiger charge is -2.31. The Labute approximate surface area is 169 Å². The van der Waals surface area contributed by atoms with E-state index >= 15 is 0 Å². The van der Waals surface area contributed by atoms with E-state index in [2.05, 4.69) is 40.3 Å². The monoisotopic (exact) mass is 397 g/mol. The maximum Gasteiger partial charge on any atom is 0.349 e. The first-order valence-electron chi connectivity index (χ1n) is 10.2. The number of hydrogen-bond acceptors (Lipinski definition) is 5. The predicted octanol–water partition coefficient (Wildman–Crippen LogP) is 0.887. The van der Waals surface area contributed by atoms with Gasteiger partial charge in [-0.25, -0.2) is 9.78 Å². The number of hydrogen-bond donors (Lipinski definition) is 2. The summed E-state index contributed by atoms with van der Waals surface area (Å²) in [5.74, 6) is 1.05. The number of fused-ring (bicyclic) bond motifs is 2. The van der Waals surface area contributed by atoms with Crippen LogP contribution in [-0.2, 0) is 6.54 Å². The molecular weight excluding hydrogens is 368 g/mol. The molecule has 2 N–H and O–H groups in total. The fourth-order valence-corrected chi connectivity index (χ4v) is 4.58. The van der Waals surface area contributed by atoms with Gasteiger partial charge in [0.25, 0.3) is 5.56 Å². The van der Waals surface area contributed by atoms with Crippen LogP contribution in [0.1, 0.15) is 17.5 Å². The van der Waals surface area contributed by atoms with Crippen molar-refractivity contribution in [3.05, 3.63) is 44.1 Å². The molecule has 0 saturated carbocycles. The number of aromatic nitrogens is 4. The minimum Gasteiger partial charge on any atom is -0.324 e. The molecule has 0 radical (unpaired) electrons. The lowest BCUT2D eigenvalue weighted by molar-refractivity contribution is -0.899. The highest BCUT2D eigenvalue weighted by Crippen LogP contribution is 2.26. The molecular formula is C21H29N6O2+. The molecule has 0 aliphatic carbocycles. The van der Waals surface area contributed by atoms with Crippen LogP contribution in [0, 0.1) is 19.8 Å². The van der Waals surface area contributed by atoms with Crippen molar-refractivity contribution in [3.8, 4) is 11.5 Å². The molecule has 1 aromatic carbocycles. The second-order valence-electron chi connectivity index (χ2n) is 8.69. The average Bonchev–Trinajstić information content (AvgIpc) is 3.02. The van der Waals surface area contributed by atoms with Crippen molar-refractivity contribution in [2.75, 3.05) is 40.3 Å². The molecule has 2 unspecified atom stereocenters. The summed E-state index contributed by atoms with van der Waals surface area (Å²) in [6.07, 6.45) is 1.21. The van der Waals surface area contributed by atoms with Gasteiger partial charge in [0.15, 0.2) is 11.5 Å². The maximum atomic E-state index is 12.4. The van der Waals surface area contributed by atoms with Crippen molar-refractivity contribution in [2.24, 2.45) is 5.92 Å². The molecule has 3 aliphatic heterocycles. The summed E-state index contributed by atoms with van der Waals surface area (Å²) in [5.41, 5.74) is 3.04. The first kappa shape index (κ1) is 19.7. The van der Waals surface area contributed by atoms with Crippen LogP contribution >= 0.6 is 0 Å². The van der Waals surface area contributed by atoms with E-state index in [1.54, 1.807) is 0 Å². The number of aryl methyl sites for hydroxylation is 2. The third kappa shape index (κ3) is 3.70. The zero-order valence-electron chi connectivity index (χ0n) is 17.6. The van der Waals surface area contributed by atoms with E-state index in [-0.39, 0.29) is 5.69 Å². The SMILES string of the molecule is CNCC1CC[N+](C)(CCn2c3nc(=O)[nH]c(=O)c-3nc3cc(C)c(C)cc32)C1. The van der Waals surface area contributed by atoms with E-state index in [9.17, 15) is 9.59 Å². The quantitative estimate of drug-likeness (QED) is 0.493. The van der Waals surface area contributed by atoms with Crippen molar-refractivity contribution in [3.63, 3.8) is 0 Å². The Bertz CT molecular complexity index is 1150. The van der Waals surface area contributed by atoms with Gasteiger partial charge >= 0.3 is 5.69 Å². The number of H-pyrrole nitrogens is 1. The van der Waals surface area contributed by atoms with Gasteiger partial charge in [0.1, 0.15) is 0 Å². The predicted molar refractivity (Wildman–Crippen MR) is 113 cm³/mol. The van der Waals surface area contributed by atoms with Gasteiger partial charge in [-0.2, -0.15) is 4.98 Å². The van der Waals surface area contributed by atoms with Crippen molar-refractivity contribution >= 4 is 11.0 Å². The van der Waals surface area contributed by atoms with E-state index in [0.717, 1.165) is 52.8 Å². The average molecular weight is 398 g/mol. The Hall–Kier alpha value is -2.58. The summed E-state index contributed by atoms with van der Waals surface area (Å²) in [4.78, 5) is 35.2. The molecule has 1 saturated heterocycles. The second-order valence-corrected chi connectivity index (χ2v) is 8.69. The molecule has 0 spiro atoms. The Morgan fingerprint density at radius 3 is 2.76 bits per heavy atom. The van der Waals surface area contributed by atoms with Crippen LogP contribution in [0.2, 0.25) is 0 Å². The topological polar surface area (TPSA) is 92.7 Å². The van der Waals surface area contributed by atoms with E-state index in [1.807, 2.05) is 24.6 Å². The van der Waals surface area contributed by atoms with Gasteiger partial charge in [-0.05, 0) is 44.2 Å². The molecule has 154 valence electrons. The highest BCUT2D eigenvalue weighted by molar-refractivity contribution is 5.81. The number of likely N-dealkylation sites (tertiary alicyclic amines) is 1. The summed E-state index contributed by atoms with van der Waals surface area (Å²) in [6, 6.07) is 4.08. The highest BCUT2D eigenvalue weighted by Gasteiger charge is 2.34. The largest absolute Gasteiger partial charge is 0.349 e. The molecule has 29 heavy (non-hydrogen) atoms. The first-order chi connectivity index (χ1) is 13.8. The van der Waals surface area contributed by atoms with Crippen LogP contribution in [0.5, 0.6) is 0 Å². The third-order valence-electron chi connectivity index (χ3n) is 6.36. The number of quaternary nitrogens is 1. The number of rotatable bonds is 5. The Morgan fingerprint density at radius 2 is 2.00 bits per heavy atom. The fourth-order valence-electron chi connectivity index (χ4n) is 4.58. The molecule has 1 aromatic rings. The minimum atomic E-state index is -0.628. The van der Waals surface area contributed by atoms with E-state index in [1.165, 1.54) is 6.42 Å². The van der Waals surface area contributed by atoms with Gasteiger partial charge in [0.05, 0.1) is 44.3 Å². The lowest BCUT2D eigenvalue weighted by Crippen LogP contribution is -2.45. The normalized spacial score (nSPS) is 22.0. The third-order valence-corrected chi connectivity index (χ3v) is 6.36. The zero-order valence-corrected chi connectivity index (χ0v) is 17.6. The highest BCUT2D eigenvalue weighted by atomic mass is 16.2. The number of nitrogens with zero attached hydrogens (tertiary/aromatic N) is 4. The zero-order chi connectivity index (χ0) is 20.8. The summed E-state index contributed by atoms with van der Waals surface area (Å²) < 4.78 is 2.98. The maximum absolute atomic E-state index is 12.4. The molecule has 0 aromatic heterocycles.